The lowest BCUT2D eigenvalue weighted by Gasteiger charge is -2.24. The van der Waals surface area contributed by atoms with Crippen molar-refractivity contribution < 1.29 is 19.4 Å². The predicted octanol–water partition coefficient (Wildman–Crippen LogP) is 2.59. The number of nitrogens with zero attached hydrogens (tertiary/aromatic N) is 1. The van der Waals surface area contributed by atoms with Crippen LogP contribution in [-0.4, -0.2) is 52.3 Å². The first-order valence-electron chi connectivity index (χ1n) is 8.61. The number of fused-ring (bicyclic) bond motifs is 1. The normalized spacial score (nSPS) is 19.8. The van der Waals surface area contributed by atoms with E-state index in [0.717, 1.165) is 34.5 Å². The summed E-state index contributed by atoms with van der Waals surface area (Å²) in [6.07, 6.45) is 0.451. The lowest BCUT2D eigenvalue weighted by atomic mass is 9.98. The number of hydrogen-bond donors (Lipinski definition) is 2. The van der Waals surface area contributed by atoms with Crippen LogP contribution in [0.3, 0.4) is 0 Å². The molecule has 1 aliphatic rings. The van der Waals surface area contributed by atoms with Gasteiger partial charge in [-0.05, 0) is 49.8 Å². The second-order valence-electron chi connectivity index (χ2n) is 6.73. The highest BCUT2D eigenvalue weighted by atomic mass is 32.2. The summed E-state index contributed by atoms with van der Waals surface area (Å²) in [5, 5.41) is 13.3. The summed E-state index contributed by atoms with van der Waals surface area (Å²) in [7, 11) is 1.68. The number of methoxy groups -OCH3 is 1. The molecule has 0 radical (unpaired) electrons. The van der Waals surface area contributed by atoms with Crippen LogP contribution in [0.2, 0.25) is 0 Å². The molecule has 1 aromatic carbocycles. The number of rotatable bonds is 6. The van der Waals surface area contributed by atoms with Crippen LogP contribution in [0.5, 0.6) is 0 Å². The van der Waals surface area contributed by atoms with Crippen LogP contribution in [0, 0.1) is 13.8 Å². The number of hydrogen-bond acceptors (Lipinski definition) is 4. The SMILES string of the molecule is COCCn1c(C)c(C)c2cc(C(=O)NC3(C(=O)O)CCSC3)ccc21. The third-order valence-electron chi connectivity index (χ3n) is 5.20. The van der Waals surface area contributed by atoms with Crippen molar-refractivity contribution in [2.45, 2.75) is 32.4 Å². The number of ether oxygens (including phenoxy) is 1. The van der Waals surface area contributed by atoms with Crippen LogP contribution >= 0.6 is 11.8 Å². The molecule has 140 valence electrons. The van der Waals surface area contributed by atoms with E-state index in [1.165, 1.54) is 0 Å². The molecular formula is C19H24N2O4S. The van der Waals surface area contributed by atoms with E-state index < -0.39 is 11.5 Å². The molecule has 0 saturated carbocycles. The molecule has 1 unspecified atom stereocenters. The highest BCUT2D eigenvalue weighted by Gasteiger charge is 2.43. The first-order valence-corrected chi connectivity index (χ1v) is 9.77. The standard InChI is InChI=1S/C19H24N2O4S/c1-12-13(2)21(7-8-25-3)16-5-4-14(10-15(12)16)17(22)20-19(18(23)24)6-9-26-11-19/h4-5,10H,6-9,11H2,1-3H3,(H,20,22)(H,23,24). The first-order chi connectivity index (χ1) is 12.4. The summed E-state index contributed by atoms with van der Waals surface area (Å²) in [6, 6.07) is 5.54. The van der Waals surface area contributed by atoms with Gasteiger partial charge in [0.25, 0.3) is 5.91 Å². The van der Waals surface area contributed by atoms with E-state index >= 15 is 0 Å². The van der Waals surface area contributed by atoms with Crippen molar-refractivity contribution in [2.75, 3.05) is 25.2 Å². The predicted molar refractivity (Wildman–Crippen MR) is 103 cm³/mol. The Morgan fingerprint density at radius 3 is 2.77 bits per heavy atom. The lowest BCUT2D eigenvalue weighted by molar-refractivity contribution is -0.143. The Morgan fingerprint density at radius 2 is 2.15 bits per heavy atom. The van der Waals surface area contributed by atoms with Crippen molar-refractivity contribution in [2.24, 2.45) is 0 Å². The molecule has 7 heteroatoms. The maximum Gasteiger partial charge on any atom is 0.330 e. The van der Waals surface area contributed by atoms with E-state index in [2.05, 4.69) is 16.8 Å². The van der Waals surface area contributed by atoms with Crippen molar-refractivity contribution in [3.05, 3.63) is 35.0 Å². The number of carboxylic acids is 1. The number of aromatic nitrogens is 1. The van der Waals surface area contributed by atoms with Crippen LogP contribution in [0.25, 0.3) is 10.9 Å². The highest BCUT2D eigenvalue weighted by Crippen LogP contribution is 2.30. The second-order valence-corrected chi connectivity index (χ2v) is 7.84. The van der Waals surface area contributed by atoms with Gasteiger partial charge in [0, 0.05) is 41.6 Å². The van der Waals surface area contributed by atoms with Gasteiger partial charge >= 0.3 is 5.97 Å². The molecular weight excluding hydrogens is 352 g/mol. The zero-order valence-corrected chi connectivity index (χ0v) is 16.1. The summed E-state index contributed by atoms with van der Waals surface area (Å²) in [4.78, 5) is 24.4. The number of aliphatic carboxylic acids is 1. The zero-order valence-electron chi connectivity index (χ0n) is 15.3. The molecule has 2 heterocycles. The molecule has 3 rings (SSSR count). The number of benzene rings is 1. The third-order valence-corrected chi connectivity index (χ3v) is 6.39. The van der Waals surface area contributed by atoms with Crippen molar-refractivity contribution in [1.29, 1.82) is 0 Å². The summed E-state index contributed by atoms with van der Waals surface area (Å²) < 4.78 is 7.37. The Kier molecular flexibility index (Phi) is 5.29. The monoisotopic (exact) mass is 376 g/mol. The fourth-order valence-electron chi connectivity index (χ4n) is 3.44. The Morgan fingerprint density at radius 1 is 1.38 bits per heavy atom. The van der Waals surface area contributed by atoms with Gasteiger partial charge in [-0.2, -0.15) is 11.8 Å². The van der Waals surface area contributed by atoms with Gasteiger partial charge in [0.1, 0.15) is 5.54 Å². The molecule has 2 aromatic rings. The molecule has 1 atom stereocenters. The molecule has 6 nitrogen and oxygen atoms in total. The average Bonchev–Trinajstić information content (AvgIpc) is 3.19. The summed E-state index contributed by atoms with van der Waals surface area (Å²) in [6.45, 7) is 5.46. The van der Waals surface area contributed by atoms with E-state index in [-0.39, 0.29) is 5.91 Å². The van der Waals surface area contributed by atoms with Gasteiger partial charge in [0.05, 0.1) is 6.61 Å². The minimum atomic E-state index is -1.16. The Labute approximate surface area is 156 Å². The molecule has 1 amide bonds. The fourth-order valence-corrected chi connectivity index (χ4v) is 4.76. The fraction of sp³-hybridized carbons (Fsp3) is 0.474. The first kappa shape index (κ1) is 18.8. The van der Waals surface area contributed by atoms with Gasteiger partial charge in [0.2, 0.25) is 0 Å². The van der Waals surface area contributed by atoms with Gasteiger partial charge in [-0.1, -0.05) is 0 Å². The molecule has 1 fully saturated rings. The second kappa shape index (κ2) is 7.32. The maximum absolute atomic E-state index is 12.7. The van der Waals surface area contributed by atoms with E-state index in [9.17, 15) is 14.7 Å². The highest BCUT2D eigenvalue weighted by molar-refractivity contribution is 7.99. The minimum Gasteiger partial charge on any atom is -0.479 e. The van der Waals surface area contributed by atoms with Crippen molar-refractivity contribution in [1.82, 2.24) is 9.88 Å². The number of thioether (sulfide) groups is 1. The number of carbonyl (C=O) groups is 2. The minimum absolute atomic E-state index is 0.335. The van der Waals surface area contributed by atoms with Crippen molar-refractivity contribution in [3.63, 3.8) is 0 Å². The van der Waals surface area contributed by atoms with E-state index in [4.69, 9.17) is 4.74 Å². The number of carbonyl (C=O) groups excluding carboxylic acids is 1. The molecule has 1 aliphatic heterocycles. The van der Waals surface area contributed by atoms with Crippen LogP contribution in [0.1, 0.15) is 28.0 Å². The maximum atomic E-state index is 12.7. The quantitative estimate of drug-likeness (QED) is 0.810. The van der Waals surface area contributed by atoms with Gasteiger partial charge in [0.15, 0.2) is 0 Å². The van der Waals surface area contributed by atoms with Gasteiger partial charge in [-0.15, -0.1) is 0 Å². The molecule has 2 N–H and O–H groups in total. The third kappa shape index (κ3) is 3.21. The largest absolute Gasteiger partial charge is 0.479 e. The van der Waals surface area contributed by atoms with Crippen LogP contribution in [-0.2, 0) is 16.1 Å². The molecule has 1 saturated heterocycles. The van der Waals surface area contributed by atoms with Crippen molar-refractivity contribution >= 4 is 34.5 Å². The summed E-state index contributed by atoms with van der Waals surface area (Å²) >= 11 is 1.55. The smallest absolute Gasteiger partial charge is 0.330 e. The van der Waals surface area contributed by atoms with Crippen LogP contribution in [0.4, 0.5) is 0 Å². The summed E-state index contributed by atoms with van der Waals surface area (Å²) in [5.41, 5.74) is 2.64. The summed E-state index contributed by atoms with van der Waals surface area (Å²) in [5.74, 6) is -0.151. The molecule has 0 bridgehead atoms. The van der Waals surface area contributed by atoms with Crippen LogP contribution < -0.4 is 5.32 Å². The lowest BCUT2D eigenvalue weighted by Crippen LogP contribution is -2.54. The molecule has 0 aliphatic carbocycles. The number of nitrogens with one attached hydrogen (secondary N) is 1. The number of amides is 1. The Balaban J connectivity index is 1.92. The zero-order chi connectivity index (χ0) is 18.9. The van der Waals surface area contributed by atoms with Gasteiger partial charge < -0.3 is 19.7 Å². The Hall–Kier alpha value is -1.99. The van der Waals surface area contributed by atoms with Gasteiger partial charge in [-0.25, -0.2) is 4.79 Å². The molecule has 0 spiro atoms. The number of carboxylic acid groups (broad SMARTS) is 1. The van der Waals surface area contributed by atoms with Crippen molar-refractivity contribution in [3.8, 4) is 0 Å². The van der Waals surface area contributed by atoms with Gasteiger partial charge in [-0.3, -0.25) is 4.79 Å². The van der Waals surface area contributed by atoms with E-state index in [1.54, 1.807) is 24.9 Å². The van der Waals surface area contributed by atoms with E-state index in [0.29, 0.717) is 24.3 Å². The number of aryl methyl sites for hydroxylation is 1. The van der Waals surface area contributed by atoms with E-state index in [1.807, 2.05) is 19.1 Å². The molecule has 26 heavy (non-hydrogen) atoms. The molecule has 1 aromatic heterocycles. The average molecular weight is 376 g/mol. The Bertz CT molecular complexity index is 853. The van der Waals surface area contributed by atoms with Crippen LogP contribution in [0.15, 0.2) is 18.2 Å². The topological polar surface area (TPSA) is 80.6 Å².